The minimum absolute atomic E-state index is 0.728. The van der Waals surface area contributed by atoms with Crippen LogP contribution >= 0.6 is 0 Å². The van der Waals surface area contributed by atoms with E-state index in [1.165, 1.54) is 5.69 Å². The molecule has 20 heavy (non-hydrogen) atoms. The lowest BCUT2D eigenvalue weighted by molar-refractivity contribution is 0.309. The van der Waals surface area contributed by atoms with Gasteiger partial charge >= 0.3 is 0 Å². The fourth-order valence-corrected chi connectivity index (χ4v) is 2.26. The van der Waals surface area contributed by atoms with Crippen LogP contribution in [0, 0.1) is 0 Å². The third-order valence-electron chi connectivity index (χ3n) is 3.63. The summed E-state index contributed by atoms with van der Waals surface area (Å²) in [7, 11) is 1.71. The van der Waals surface area contributed by atoms with E-state index in [1.807, 2.05) is 12.1 Å². The van der Waals surface area contributed by atoms with E-state index in [9.17, 15) is 0 Å². The molecule has 4 heteroatoms. The SMILES string of the molecule is CCN(CC)CCN(CCCN)c1cccc(OC)c1. The molecular formula is C16H29N3O. The van der Waals surface area contributed by atoms with Crippen LogP contribution in [0.3, 0.4) is 0 Å². The molecule has 0 amide bonds. The first kappa shape index (κ1) is 16.8. The van der Waals surface area contributed by atoms with E-state index in [-0.39, 0.29) is 0 Å². The van der Waals surface area contributed by atoms with Gasteiger partial charge < -0.3 is 20.3 Å². The number of benzene rings is 1. The molecule has 0 unspecified atom stereocenters. The van der Waals surface area contributed by atoms with Crippen LogP contribution in [0.2, 0.25) is 0 Å². The van der Waals surface area contributed by atoms with Crippen molar-refractivity contribution in [3.63, 3.8) is 0 Å². The van der Waals surface area contributed by atoms with Gasteiger partial charge in [0.05, 0.1) is 7.11 Å². The molecule has 0 bridgehead atoms. The van der Waals surface area contributed by atoms with Gasteiger partial charge in [-0.05, 0) is 38.2 Å². The molecule has 0 aromatic heterocycles. The van der Waals surface area contributed by atoms with Crippen molar-refractivity contribution < 1.29 is 4.74 Å². The van der Waals surface area contributed by atoms with Crippen molar-refractivity contribution >= 4 is 5.69 Å². The molecule has 1 rings (SSSR count). The third-order valence-corrected chi connectivity index (χ3v) is 3.63. The molecule has 0 aliphatic carbocycles. The molecular weight excluding hydrogens is 250 g/mol. The predicted molar refractivity (Wildman–Crippen MR) is 86.7 cm³/mol. The molecule has 114 valence electrons. The van der Waals surface area contributed by atoms with Crippen LogP contribution in [0.15, 0.2) is 24.3 Å². The first-order valence-corrected chi connectivity index (χ1v) is 7.56. The summed E-state index contributed by atoms with van der Waals surface area (Å²) in [5, 5.41) is 0. The van der Waals surface area contributed by atoms with Crippen molar-refractivity contribution in [2.75, 3.05) is 51.3 Å². The first-order valence-electron chi connectivity index (χ1n) is 7.56. The second-order valence-corrected chi connectivity index (χ2v) is 4.86. The minimum Gasteiger partial charge on any atom is -0.497 e. The van der Waals surface area contributed by atoms with Gasteiger partial charge in [-0.25, -0.2) is 0 Å². The van der Waals surface area contributed by atoms with Crippen LogP contribution in [0.25, 0.3) is 0 Å². The molecule has 0 saturated carbocycles. The Morgan fingerprint density at radius 2 is 1.85 bits per heavy atom. The summed E-state index contributed by atoms with van der Waals surface area (Å²) in [5.74, 6) is 0.906. The zero-order valence-corrected chi connectivity index (χ0v) is 13.1. The monoisotopic (exact) mass is 279 g/mol. The Balaban J connectivity index is 2.71. The topological polar surface area (TPSA) is 41.7 Å². The van der Waals surface area contributed by atoms with Crippen molar-refractivity contribution in [3.8, 4) is 5.75 Å². The van der Waals surface area contributed by atoms with Gasteiger partial charge in [0.1, 0.15) is 5.75 Å². The summed E-state index contributed by atoms with van der Waals surface area (Å²) in [4.78, 5) is 4.84. The summed E-state index contributed by atoms with van der Waals surface area (Å²) in [6.45, 7) is 10.4. The van der Waals surface area contributed by atoms with Crippen LogP contribution < -0.4 is 15.4 Å². The predicted octanol–water partition coefficient (Wildman–Crippen LogP) is 2.19. The van der Waals surface area contributed by atoms with Gasteiger partial charge in [0.2, 0.25) is 0 Å². The smallest absolute Gasteiger partial charge is 0.120 e. The molecule has 0 aliphatic rings. The Kier molecular flexibility index (Phi) is 8.07. The second kappa shape index (κ2) is 9.61. The van der Waals surface area contributed by atoms with Crippen LogP contribution in [0.1, 0.15) is 20.3 Å². The number of rotatable bonds is 10. The summed E-state index contributed by atoms with van der Waals surface area (Å²) >= 11 is 0. The van der Waals surface area contributed by atoms with Crippen molar-refractivity contribution in [2.45, 2.75) is 20.3 Å². The molecule has 0 saturated heterocycles. The van der Waals surface area contributed by atoms with E-state index in [0.29, 0.717) is 0 Å². The Bertz CT molecular complexity index is 366. The molecule has 0 atom stereocenters. The van der Waals surface area contributed by atoms with Gasteiger partial charge in [-0.15, -0.1) is 0 Å². The average Bonchev–Trinajstić information content (AvgIpc) is 2.51. The summed E-state index contributed by atoms with van der Waals surface area (Å²) in [6.07, 6.45) is 1.01. The van der Waals surface area contributed by atoms with Crippen molar-refractivity contribution in [1.82, 2.24) is 4.90 Å². The normalized spacial score (nSPS) is 10.8. The maximum Gasteiger partial charge on any atom is 0.120 e. The summed E-state index contributed by atoms with van der Waals surface area (Å²) in [5.41, 5.74) is 6.87. The zero-order valence-electron chi connectivity index (χ0n) is 13.1. The maximum absolute atomic E-state index is 5.66. The molecule has 0 spiro atoms. The summed E-state index contributed by atoms with van der Waals surface area (Å²) in [6, 6.07) is 8.26. The highest BCUT2D eigenvalue weighted by molar-refractivity contribution is 5.50. The lowest BCUT2D eigenvalue weighted by atomic mass is 10.2. The lowest BCUT2D eigenvalue weighted by Gasteiger charge is -2.28. The third kappa shape index (κ3) is 5.39. The van der Waals surface area contributed by atoms with E-state index in [2.05, 4.69) is 35.8 Å². The second-order valence-electron chi connectivity index (χ2n) is 4.86. The van der Waals surface area contributed by atoms with E-state index < -0.39 is 0 Å². The van der Waals surface area contributed by atoms with Gasteiger partial charge in [-0.1, -0.05) is 19.9 Å². The molecule has 1 aromatic rings. The van der Waals surface area contributed by atoms with Gasteiger partial charge in [-0.2, -0.15) is 0 Å². The highest BCUT2D eigenvalue weighted by Crippen LogP contribution is 2.21. The maximum atomic E-state index is 5.66. The Labute approximate surface area is 123 Å². The number of ether oxygens (including phenoxy) is 1. The van der Waals surface area contributed by atoms with E-state index in [4.69, 9.17) is 10.5 Å². The quantitative estimate of drug-likeness (QED) is 0.713. The molecule has 0 aliphatic heterocycles. The number of nitrogens with two attached hydrogens (primary N) is 1. The van der Waals surface area contributed by atoms with Crippen LogP contribution in [0.5, 0.6) is 5.75 Å². The number of likely N-dealkylation sites (N-methyl/N-ethyl adjacent to an activating group) is 1. The molecule has 0 fully saturated rings. The van der Waals surface area contributed by atoms with Crippen LogP contribution in [-0.4, -0.2) is 51.3 Å². The van der Waals surface area contributed by atoms with Gasteiger partial charge in [0, 0.05) is 31.4 Å². The lowest BCUT2D eigenvalue weighted by Crippen LogP contribution is -2.36. The Hall–Kier alpha value is -1.26. The standard InChI is InChI=1S/C16H29N3O/c1-4-18(5-2)12-13-19(11-7-10-17)15-8-6-9-16(14-15)20-3/h6,8-9,14H,4-5,7,10-13,17H2,1-3H3. The van der Waals surface area contributed by atoms with Crippen molar-refractivity contribution in [3.05, 3.63) is 24.3 Å². The zero-order chi connectivity index (χ0) is 14.8. The van der Waals surface area contributed by atoms with Crippen LogP contribution in [-0.2, 0) is 0 Å². The average molecular weight is 279 g/mol. The number of hydrogen-bond acceptors (Lipinski definition) is 4. The number of nitrogens with zero attached hydrogens (tertiary/aromatic N) is 2. The van der Waals surface area contributed by atoms with E-state index in [1.54, 1.807) is 7.11 Å². The van der Waals surface area contributed by atoms with E-state index >= 15 is 0 Å². The van der Waals surface area contributed by atoms with Crippen molar-refractivity contribution in [2.24, 2.45) is 5.73 Å². The van der Waals surface area contributed by atoms with Gasteiger partial charge in [0.15, 0.2) is 0 Å². The van der Waals surface area contributed by atoms with Gasteiger partial charge in [0.25, 0.3) is 0 Å². The molecule has 4 nitrogen and oxygen atoms in total. The molecule has 0 radical (unpaired) electrons. The molecule has 2 N–H and O–H groups in total. The highest BCUT2D eigenvalue weighted by atomic mass is 16.5. The molecule has 0 heterocycles. The first-order chi connectivity index (χ1) is 9.74. The van der Waals surface area contributed by atoms with Crippen molar-refractivity contribution in [1.29, 1.82) is 0 Å². The largest absolute Gasteiger partial charge is 0.497 e. The minimum atomic E-state index is 0.728. The fraction of sp³-hybridized carbons (Fsp3) is 0.625. The number of methoxy groups -OCH3 is 1. The number of hydrogen-bond donors (Lipinski definition) is 1. The van der Waals surface area contributed by atoms with Crippen LogP contribution in [0.4, 0.5) is 5.69 Å². The van der Waals surface area contributed by atoms with Gasteiger partial charge in [-0.3, -0.25) is 0 Å². The Morgan fingerprint density at radius 1 is 1.10 bits per heavy atom. The number of anilines is 1. The van der Waals surface area contributed by atoms with E-state index in [0.717, 1.165) is 51.4 Å². The highest BCUT2D eigenvalue weighted by Gasteiger charge is 2.09. The molecule has 1 aromatic carbocycles. The Morgan fingerprint density at radius 3 is 2.45 bits per heavy atom. The fourth-order valence-electron chi connectivity index (χ4n) is 2.26. The summed E-state index contributed by atoms with van der Waals surface area (Å²) < 4.78 is 5.32.